The average Bonchev–Trinajstić information content (AvgIpc) is 1.48. The van der Waals surface area contributed by atoms with Crippen molar-refractivity contribution in [3.05, 3.63) is 0 Å². The van der Waals surface area contributed by atoms with Crippen LogP contribution in [0.25, 0.3) is 0 Å². The molecule has 0 bridgehead atoms. The second kappa shape index (κ2) is 39.9. The molecule has 0 amide bonds. The summed E-state index contributed by atoms with van der Waals surface area (Å²) in [6.07, 6.45) is -63.3. The van der Waals surface area contributed by atoms with E-state index in [1.807, 2.05) is 6.92 Å². The van der Waals surface area contributed by atoms with E-state index >= 15 is 0 Å². The van der Waals surface area contributed by atoms with E-state index in [9.17, 15) is 169 Å². The number of rotatable bonds is 43. The van der Waals surface area contributed by atoms with Gasteiger partial charge in [0.05, 0.1) is 32.5 Å². The van der Waals surface area contributed by atoms with Crippen molar-refractivity contribution in [2.75, 3.05) is 26.4 Å². The Labute approximate surface area is 710 Å². The molecule has 8 aliphatic rings. The molecule has 29 atom stereocenters. The number of hydrogen-bond acceptors (Lipinski definition) is 47. The number of ether oxygens (including phenoxy) is 8. The Bertz CT molecular complexity index is 5310. The molecule has 730 valence electrons. The highest BCUT2D eigenvalue weighted by molar-refractivity contribution is 7.83. The van der Waals surface area contributed by atoms with Crippen LogP contribution in [0, 0.1) is 52.3 Å². The Morgan fingerprint density at radius 2 is 0.573 bits per heavy atom. The molecule has 4 aliphatic heterocycles. The molecule has 13 N–H and O–H groups in total. The molecule has 0 spiro atoms. The van der Waals surface area contributed by atoms with E-state index in [2.05, 4.69) is 73.7 Å². The molecule has 0 aromatic carbocycles. The van der Waals surface area contributed by atoms with Crippen LogP contribution in [0.4, 0.5) is 0 Å². The van der Waals surface area contributed by atoms with Crippen LogP contribution in [0.15, 0.2) is 0 Å². The summed E-state index contributed by atoms with van der Waals surface area (Å²) in [5.41, 5.74) is -0.743. The van der Waals surface area contributed by atoms with Gasteiger partial charge in [0.2, 0.25) is 0 Å². The molecule has 60 nitrogen and oxygen atoms in total. The molecular weight excluding hydrogens is 1990 g/mol. The smallest absolute Gasteiger partial charge is 0.346 e. The van der Waals surface area contributed by atoms with Crippen LogP contribution in [0.3, 0.4) is 0 Å². The third-order valence-electron chi connectivity index (χ3n) is 22.0. The Morgan fingerprint density at radius 3 is 0.879 bits per heavy atom. The molecule has 0 aromatic heterocycles. The largest absolute Gasteiger partial charge is 0.397 e. The van der Waals surface area contributed by atoms with Gasteiger partial charge in [0, 0.05) is 0 Å². The maximum absolute atomic E-state index is 13.2. The van der Waals surface area contributed by atoms with Crippen LogP contribution in [0.1, 0.15) is 112 Å². The zero-order chi connectivity index (χ0) is 93.8. The monoisotopic (exact) mass is 2080 g/mol. The van der Waals surface area contributed by atoms with Gasteiger partial charge in [-0.05, 0) is 110 Å². The second-order valence-corrected chi connectivity index (χ2v) is 44.2. The van der Waals surface area contributed by atoms with Gasteiger partial charge in [-0.15, -0.1) is 0 Å². The van der Waals surface area contributed by atoms with Crippen molar-refractivity contribution in [2.24, 2.45) is 52.3 Å². The van der Waals surface area contributed by atoms with E-state index in [1.165, 1.54) is 0 Å². The summed E-state index contributed by atoms with van der Waals surface area (Å²) >= 11 is 0. The van der Waals surface area contributed by atoms with Crippen molar-refractivity contribution < 1.29 is 261 Å². The minimum Gasteiger partial charge on any atom is -0.346 e. The van der Waals surface area contributed by atoms with Gasteiger partial charge in [0.1, 0.15) is 73.2 Å². The number of fused-ring (bicyclic) bond motifs is 5. The lowest BCUT2D eigenvalue weighted by Gasteiger charge is -2.61. The van der Waals surface area contributed by atoms with Crippen molar-refractivity contribution in [1.82, 2.24) is 0 Å². The van der Waals surface area contributed by atoms with Crippen LogP contribution in [-0.4, -0.2) is 324 Å². The quantitative estimate of drug-likeness (QED) is 0.0208. The fourth-order valence-corrected chi connectivity index (χ4v) is 23.6. The van der Waals surface area contributed by atoms with Crippen LogP contribution in [-0.2, 0) is 227 Å². The summed E-state index contributed by atoms with van der Waals surface area (Å²) in [7, 11) is -83.6. The van der Waals surface area contributed by atoms with Crippen LogP contribution in [0.5, 0.6) is 0 Å². The first-order chi connectivity index (χ1) is 55.9. The lowest BCUT2D eigenvalue weighted by atomic mass is 9.44. The van der Waals surface area contributed by atoms with Gasteiger partial charge in [-0.3, -0.25) is 59.2 Å². The summed E-state index contributed by atoms with van der Waals surface area (Å²) < 4.78 is 563. The van der Waals surface area contributed by atoms with Crippen molar-refractivity contribution >= 4 is 135 Å². The molecule has 0 radical (unpaired) electrons. The van der Waals surface area contributed by atoms with Gasteiger partial charge in [0.25, 0.3) is 0 Å². The minimum absolute atomic E-state index is 0.000409. The van der Waals surface area contributed by atoms with Gasteiger partial charge in [-0.2, -0.15) is 109 Å². The fourth-order valence-electron chi connectivity index (χ4n) is 17.9. The summed E-state index contributed by atoms with van der Waals surface area (Å²) in [5.74, 6) is 1.59. The van der Waals surface area contributed by atoms with Gasteiger partial charge in [-0.25, -0.2) is 54.4 Å². The molecule has 4 aliphatic carbocycles. The lowest BCUT2D eigenvalue weighted by Crippen LogP contribution is -2.69. The van der Waals surface area contributed by atoms with E-state index in [1.54, 1.807) is 0 Å². The standard InChI is InChI=1S/C51H88O60S13/c1-22(2)7-6-8-23(3)27-13-14-28-26-12-10-24-9-11-25(17-51(24,5)29(26)15-16-50(27,28)4)95-46-42(108-121(79,80)81)38(104-117(67,68)69)34(30(96-46)18-91-112(52,53)54)100-47-43(109-122(82,83)84)39(105-118(70,71)72)35(31(97-47)19-92-113(55,56)57)101-48-44(110-123(85,86)87)40(106-119(73,74)75)36(32(98-48)20-93-114(58,59)60)102-49-45(111-124(88,89)90)41(107-120(76,77)78)37(103-116(64,65)66)33(99-49)21-94-115(61,62)63/h22-49H,6-21H2,1-5H3,(H,52,53,54)(H,55,56,57)(H,58,59,60)(H,61,62,63)(H,64,65,66)(H,67,68,69)(H,70,71,72)(H,73,74,75)(H,76,77,78)(H,79,80,81)(H,82,83,84)(H,85,86,87)(H,88,89,90)/t23-,24+,25+,26+,27-,28+,29+,30-,31-,32-,33-,34-,35-,36-,37-,38+,39+,40+,41+,42-,43-,44-,45-,46-,47-,48-,49-,50-,51+/m1/s1. The second-order valence-electron chi connectivity index (χ2n) is 30.4. The highest BCUT2D eigenvalue weighted by Gasteiger charge is 2.66. The SMILES string of the molecule is CC(C)CCC[C@@H](C)[C@H]1CC[C@H]2[C@@H]3CC[C@@H]4CC[C@H](O[C@@H]5O[C@H](COS(=O)(=O)O)[C@@H](O[C@H]6O[C@H](COS(=O)(=O)O)[C@@H](O[C@H]7O[C@H](COS(=O)(=O)O)[C@@H](O[C@H]8O[C@H](COS(=O)(=O)O)[C@@H](OS(=O)(=O)O)[C@H](OS(=O)(=O)O)[C@H]8OS(=O)(=O)O)[C@H](OS(=O)(=O)O)[C@H]7OS(=O)(=O)O)[C@H](OS(=O)(=O)O)[C@H]6OS(=O)(=O)O)[C@H](OS(=O)(=O)O)[C@H]5OS(=O)(=O)O)C[C@]4(C)[C@H]3CC[C@]12C. The maximum atomic E-state index is 13.2. The van der Waals surface area contributed by atoms with E-state index < -0.39 is 296 Å². The lowest BCUT2D eigenvalue weighted by molar-refractivity contribution is -0.380. The number of hydrogen-bond donors (Lipinski definition) is 13. The first-order valence-electron chi connectivity index (χ1n) is 35.6. The first-order valence-corrected chi connectivity index (χ1v) is 53.3. The highest BCUT2D eigenvalue weighted by Crippen LogP contribution is 2.69. The predicted octanol–water partition coefficient (Wildman–Crippen LogP) is -3.48. The van der Waals surface area contributed by atoms with Crippen molar-refractivity contribution in [1.29, 1.82) is 0 Å². The van der Waals surface area contributed by atoms with Gasteiger partial charge < -0.3 is 37.9 Å². The normalized spacial score (nSPS) is 37.1. The summed E-state index contributed by atoms with van der Waals surface area (Å²) in [6.45, 7) is 1.98. The molecule has 8 fully saturated rings. The average molecular weight is 2080 g/mol. The van der Waals surface area contributed by atoms with Gasteiger partial charge in [0.15, 0.2) is 49.6 Å². The Kier molecular flexibility index (Phi) is 34.5. The molecule has 4 heterocycles. The van der Waals surface area contributed by atoms with Crippen LogP contribution >= 0.6 is 0 Å². The van der Waals surface area contributed by atoms with E-state index in [4.69, 9.17) is 46.3 Å². The molecule has 4 saturated carbocycles. The first kappa shape index (κ1) is 107. The summed E-state index contributed by atoms with van der Waals surface area (Å²) in [4.78, 5) is 0. The van der Waals surface area contributed by atoms with Crippen molar-refractivity contribution in [2.45, 2.75) is 241 Å². The Morgan fingerprint density at radius 1 is 0.298 bits per heavy atom. The van der Waals surface area contributed by atoms with Gasteiger partial charge >= 0.3 is 135 Å². The molecule has 4 saturated heterocycles. The van der Waals surface area contributed by atoms with E-state index in [0.717, 1.165) is 44.9 Å². The highest BCUT2D eigenvalue weighted by atomic mass is 32.3. The van der Waals surface area contributed by atoms with Crippen molar-refractivity contribution in [3.8, 4) is 0 Å². The fraction of sp³-hybridized carbons (Fsp3) is 1.00. The zero-order valence-electron chi connectivity index (χ0n) is 63.8. The molecular formula is C51H88O60S13. The third-order valence-corrected chi connectivity index (χ3v) is 27.9. The zero-order valence-corrected chi connectivity index (χ0v) is 74.4. The van der Waals surface area contributed by atoms with Gasteiger partial charge in [-0.1, -0.05) is 53.9 Å². The minimum atomic E-state index is -6.78. The molecule has 0 aromatic rings. The molecule has 0 unspecified atom stereocenters. The van der Waals surface area contributed by atoms with Crippen LogP contribution in [0.2, 0.25) is 0 Å². The maximum Gasteiger partial charge on any atom is 0.397 e. The molecule has 8 rings (SSSR count). The van der Waals surface area contributed by atoms with Crippen molar-refractivity contribution in [3.63, 3.8) is 0 Å². The van der Waals surface area contributed by atoms with Crippen LogP contribution < -0.4 is 0 Å². The predicted molar refractivity (Wildman–Crippen MR) is 385 cm³/mol. The summed E-state index contributed by atoms with van der Waals surface area (Å²) in [6, 6.07) is 0. The molecule has 124 heavy (non-hydrogen) atoms. The van der Waals surface area contributed by atoms with E-state index in [-0.39, 0.29) is 41.9 Å². The summed E-state index contributed by atoms with van der Waals surface area (Å²) in [5, 5.41) is 0. The third kappa shape index (κ3) is 31.8. The van der Waals surface area contributed by atoms with E-state index in [0.29, 0.717) is 37.0 Å². The Hall–Kier alpha value is -2.01. The Balaban J connectivity index is 1.27. The molecule has 73 heteroatoms. The topological polar surface area (TPSA) is 901 Å².